The van der Waals surface area contributed by atoms with Gasteiger partial charge < -0.3 is 15.1 Å². The fourth-order valence-electron chi connectivity index (χ4n) is 3.92. The SMILES string of the molecule is Cc1cc(C(F)(F)F)cc(N2C(=O)[C@@H](O)[C@@H](O)[C@H]2C(=O)N(C)c2ccc3c(c2)CC3)n1. The molecule has 1 saturated heterocycles. The molecule has 2 N–H and O–H groups in total. The Bertz CT molecular complexity index is 1070. The Morgan fingerprint density at radius 3 is 2.42 bits per heavy atom. The van der Waals surface area contributed by atoms with Crippen molar-refractivity contribution in [3.63, 3.8) is 0 Å². The Labute approximate surface area is 175 Å². The molecule has 1 fully saturated rings. The van der Waals surface area contributed by atoms with E-state index in [0.29, 0.717) is 16.7 Å². The van der Waals surface area contributed by atoms with Crippen LogP contribution in [0.4, 0.5) is 24.7 Å². The molecule has 1 aliphatic heterocycles. The fourth-order valence-corrected chi connectivity index (χ4v) is 3.92. The van der Waals surface area contributed by atoms with Crippen LogP contribution < -0.4 is 9.80 Å². The Morgan fingerprint density at radius 1 is 1.16 bits per heavy atom. The summed E-state index contributed by atoms with van der Waals surface area (Å²) in [6.45, 7) is 1.32. The van der Waals surface area contributed by atoms with E-state index in [1.165, 1.54) is 24.4 Å². The third kappa shape index (κ3) is 3.55. The van der Waals surface area contributed by atoms with Crippen LogP contribution in [0.3, 0.4) is 0 Å². The van der Waals surface area contributed by atoms with E-state index < -0.39 is 47.6 Å². The Kier molecular flexibility index (Phi) is 5.01. The number of hydrogen-bond acceptors (Lipinski definition) is 5. The van der Waals surface area contributed by atoms with Gasteiger partial charge in [-0.1, -0.05) is 6.07 Å². The molecule has 31 heavy (non-hydrogen) atoms. The van der Waals surface area contributed by atoms with Gasteiger partial charge in [0.1, 0.15) is 18.0 Å². The quantitative estimate of drug-likeness (QED) is 0.764. The van der Waals surface area contributed by atoms with Crippen LogP contribution in [0, 0.1) is 6.92 Å². The van der Waals surface area contributed by atoms with Gasteiger partial charge in [0.15, 0.2) is 6.10 Å². The standard InChI is InChI=1S/C21H20F3N3O4/c1-10-7-13(21(22,23)24)9-15(25-10)27-16(17(28)18(29)20(27)31)19(30)26(2)14-6-5-11-3-4-12(11)8-14/h5-9,16-18,28-29H,3-4H2,1-2H3/t16-,17-,18-/m0/s1. The van der Waals surface area contributed by atoms with Gasteiger partial charge in [-0.05, 0) is 55.2 Å². The topological polar surface area (TPSA) is 94.0 Å². The van der Waals surface area contributed by atoms with E-state index in [2.05, 4.69) is 4.98 Å². The molecule has 7 nitrogen and oxygen atoms in total. The predicted octanol–water partition coefficient (Wildman–Crippen LogP) is 1.61. The molecule has 1 aromatic carbocycles. The van der Waals surface area contributed by atoms with Gasteiger partial charge in [0.05, 0.1) is 5.56 Å². The van der Waals surface area contributed by atoms with E-state index in [0.717, 1.165) is 24.5 Å². The minimum Gasteiger partial charge on any atom is -0.387 e. The number of amides is 2. The van der Waals surface area contributed by atoms with Crippen LogP contribution in [0.15, 0.2) is 30.3 Å². The number of aliphatic hydroxyl groups excluding tert-OH is 2. The summed E-state index contributed by atoms with van der Waals surface area (Å²) in [5, 5.41) is 20.5. The van der Waals surface area contributed by atoms with Gasteiger partial charge >= 0.3 is 6.18 Å². The molecule has 2 aromatic rings. The smallest absolute Gasteiger partial charge is 0.387 e. The third-order valence-corrected chi connectivity index (χ3v) is 5.75. The number of likely N-dealkylation sites (N-methyl/N-ethyl adjacent to an activating group) is 1. The number of halogens is 3. The second-order valence-electron chi connectivity index (χ2n) is 7.79. The van der Waals surface area contributed by atoms with Gasteiger partial charge in [-0.3, -0.25) is 14.5 Å². The monoisotopic (exact) mass is 435 g/mol. The summed E-state index contributed by atoms with van der Waals surface area (Å²) in [5.41, 5.74) is 1.67. The zero-order valence-corrected chi connectivity index (χ0v) is 16.7. The zero-order valence-electron chi connectivity index (χ0n) is 16.7. The summed E-state index contributed by atoms with van der Waals surface area (Å²) in [6, 6.07) is 5.20. The highest BCUT2D eigenvalue weighted by molar-refractivity contribution is 6.10. The summed E-state index contributed by atoms with van der Waals surface area (Å²) < 4.78 is 39.8. The molecule has 2 aliphatic rings. The molecule has 0 saturated carbocycles. The van der Waals surface area contributed by atoms with Gasteiger partial charge in [0.25, 0.3) is 11.8 Å². The Morgan fingerprint density at radius 2 is 1.84 bits per heavy atom. The number of aromatic nitrogens is 1. The van der Waals surface area contributed by atoms with Crippen LogP contribution in [0.1, 0.15) is 22.4 Å². The van der Waals surface area contributed by atoms with Gasteiger partial charge in [-0.2, -0.15) is 13.2 Å². The molecule has 1 aliphatic carbocycles. The molecule has 0 spiro atoms. The van der Waals surface area contributed by atoms with Gasteiger partial charge in [0, 0.05) is 18.4 Å². The Balaban J connectivity index is 1.73. The molecule has 10 heteroatoms. The summed E-state index contributed by atoms with van der Waals surface area (Å²) in [7, 11) is 1.44. The molecule has 3 atom stereocenters. The number of hydrogen-bond donors (Lipinski definition) is 2. The number of anilines is 2. The van der Waals surface area contributed by atoms with Crippen molar-refractivity contribution in [3.05, 3.63) is 52.7 Å². The minimum absolute atomic E-state index is 0.0320. The number of alkyl halides is 3. The predicted molar refractivity (Wildman–Crippen MR) is 105 cm³/mol. The van der Waals surface area contributed by atoms with E-state index in [1.807, 2.05) is 12.1 Å². The first-order valence-electron chi connectivity index (χ1n) is 9.63. The molecule has 1 aromatic heterocycles. The van der Waals surface area contributed by atoms with Crippen molar-refractivity contribution >= 4 is 23.3 Å². The van der Waals surface area contributed by atoms with E-state index in [9.17, 15) is 33.0 Å². The first kappa shape index (κ1) is 21.3. The largest absolute Gasteiger partial charge is 0.416 e. The van der Waals surface area contributed by atoms with Gasteiger partial charge in [0.2, 0.25) is 0 Å². The van der Waals surface area contributed by atoms with Crippen molar-refractivity contribution in [2.45, 2.75) is 44.2 Å². The number of aliphatic hydroxyl groups is 2. The normalized spacial score (nSPS) is 22.9. The summed E-state index contributed by atoms with van der Waals surface area (Å²) >= 11 is 0. The number of nitrogens with zero attached hydrogens (tertiary/aromatic N) is 3. The third-order valence-electron chi connectivity index (χ3n) is 5.75. The van der Waals surface area contributed by atoms with E-state index in [4.69, 9.17) is 0 Å². The maximum Gasteiger partial charge on any atom is 0.416 e. The second kappa shape index (κ2) is 7.31. The van der Waals surface area contributed by atoms with Gasteiger partial charge in [-0.15, -0.1) is 0 Å². The lowest BCUT2D eigenvalue weighted by atomic mass is 9.88. The van der Waals surface area contributed by atoms with Crippen molar-refractivity contribution in [1.29, 1.82) is 0 Å². The number of carbonyl (C=O) groups is 2. The van der Waals surface area contributed by atoms with E-state index in [1.54, 1.807) is 6.07 Å². The van der Waals surface area contributed by atoms with Crippen molar-refractivity contribution in [2.24, 2.45) is 0 Å². The lowest BCUT2D eigenvalue weighted by Crippen LogP contribution is -2.50. The van der Waals surface area contributed by atoms with Crippen LogP contribution in [0.25, 0.3) is 0 Å². The molecule has 0 unspecified atom stereocenters. The Hall–Kier alpha value is -2.98. The van der Waals surface area contributed by atoms with Crippen molar-refractivity contribution in [3.8, 4) is 0 Å². The van der Waals surface area contributed by atoms with Crippen molar-refractivity contribution in [2.75, 3.05) is 16.8 Å². The average Bonchev–Trinajstić information content (AvgIpc) is 2.90. The average molecular weight is 435 g/mol. The molecular formula is C21H20F3N3O4. The summed E-state index contributed by atoms with van der Waals surface area (Å²) in [6.07, 6.45) is -6.68. The highest BCUT2D eigenvalue weighted by Crippen LogP contribution is 2.35. The van der Waals surface area contributed by atoms with Crippen LogP contribution >= 0.6 is 0 Å². The number of rotatable bonds is 3. The first-order chi connectivity index (χ1) is 14.5. The number of benzene rings is 1. The van der Waals surface area contributed by atoms with Crippen LogP contribution in [-0.2, 0) is 28.6 Å². The first-order valence-corrected chi connectivity index (χ1v) is 9.63. The zero-order chi connectivity index (χ0) is 22.7. The van der Waals surface area contributed by atoms with Crippen molar-refractivity contribution in [1.82, 2.24) is 4.98 Å². The van der Waals surface area contributed by atoms with E-state index >= 15 is 0 Å². The maximum absolute atomic E-state index is 13.3. The lowest BCUT2D eigenvalue weighted by Gasteiger charge is -2.30. The fraction of sp³-hybridized carbons (Fsp3) is 0.381. The molecule has 2 heterocycles. The molecule has 0 radical (unpaired) electrons. The summed E-state index contributed by atoms with van der Waals surface area (Å²) in [4.78, 5) is 31.6. The minimum atomic E-state index is -4.70. The van der Waals surface area contributed by atoms with E-state index in [-0.39, 0.29) is 5.69 Å². The molecular weight excluding hydrogens is 415 g/mol. The highest BCUT2D eigenvalue weighted by Gasteiger charge is 2.52. The van der Waals surface area contributed by atoms with Crippen LogP contribution in [0.5, 0.6) is 0 Å². The number of aryl methyl sites for hydroxylation is 3. The highest BCUT2D eigenvalue weighted by atomic mass is 19.4. The number of pyridine rings is 1. The number of carbonyl (C=O) groups excluding carboxylic acids is 2. The second-order valence-corrected chi connectivity index (χ2v) is 7.79. The van der Waals surface area contributed by atoms with Crippen molar-refractivity contribution < 1.29 is 33.0 Å². The van der Waals surface area contributed by atoms with Crippen LogP contribution in [-0.4, -0.2) is 52.3 Å². The molecule has 4 rings (SSSR count). The van der Waals surface area contributed by atoms with Gasteiger partial charge in [-0.25, -0.2) is 4.98 Å². The molecule has 2 amide bonds. The maximum atomic E-state index is 13.3. The van der Waals surface area contributed by atoms with Crippen LogP contribution in [0.2, 0.25) is 0 Å². The molecule has 0 bridgehead atoms. The number of fused-ring (bicyclic) bond motifs is 1. The molecule has 164 valence electrons. The lowest BCUT2D eigenvalue weighted by molar-refractivity contribution is -0.137. The summed E-state index contributed by atoms with van der Waals surface area (Å²) in [5.74, 6) is -2.31.